The van der Waals surface area contributed by atoms with Crippen molar-refractivity contribution >= 4 is 16.7 Å². The zero-order chi connectivity index (χ0) is 14.2. The van der Waals surface area contributed by atoms with Gasteiger partial charge in [0.15, 0.2) is 0 Å². The van der Waals surface area contributed by atoms with Crippen LogP contribution in [0.25, 0.3) is 10.9 Å². The van der Waals surface area contributed by atoms with E-state index in [0.29, 0.717) is 25.5 Å². The van der Waals surface area contributed by atoms with Gasteiger partial charge in [-0.25, -0.2) is 9.97 Å². The first-order valence-corrected chi connectivity index (χ1v) is 7.05. The van der Waals surface area contributed by atoms with Crippen LogP contribution in [-0.4, -0.2) is 38.7 Å². The Kier molecular flexibility index (Phi) is 3.31. The smallest absolute Gasteiger partial charge is 0.145 e. The van der Waals surface area contributed by atoms with E-state index < -0.39 is 5.60 Å². The van der Waals surface area contributed by atoms with Crippen LogP contribution in [0.15, 0.2) is 24.3 Å². The fourth-order valence-electron chi connectivity index (χ4n) is 2.94. The highest BCUT2D eigenvalue weighted by atomic mass is 16.3. The molecule has 2 aromatic rings. The predicted octanol–water partition coefficient (Wildman–Crippen LogP) is 1.56. The van der Waals surface area contributed by atoms with Gasteiger partial charge in [-0.1, -0.05) is 25.5 Å². The van der Waals surface area contributed by atoms with Gasteiger partial charge in [0.1, 0.15) is 11.6 Å². The van der Waals surface area contributed by atoms with Gasteiger partial charge < -0.3 is 10.8 Å². The number of benzene rings is 1. The van der Waals surface area contributed by atoms with Crippen molar-refractivity contribution in [1.82, 2.24) is 14.9 Å². The predicted molar refractivity (Wildman–Crippen MR) is 79.1 cm³/mol. The van der Waals surface area contributed by atoms with Crippen molar-refractivity contribution in [3.63, 3.8) is 0 Å². The van der Waals surface area contributed by atoms with Crippen LogP contribution in [0.3, 0.4) is 0 Å². The van der Waals surface area contributed by atoms with Gasteiger partial charge in [0, 0.05) is 18.5 Å². The number of nitrogen functional groups attached to an aromatic ring is 1. The summed E-state index contributed by atoms with van der Waals surface area (Å²) in [7, 11) is 0. The Hall–Kier alpha value is -1.72. The quantitative estimate of drug-likeness (QED) is 0.883. The number of hydrogen-bond donors (Lipinski definition) is 2. The number of nitrogens with two attached hydrogens (primary N) is 1. The number of hydrogen-bond acceptors (Lipinski definition) is 5. The van der Waals surface area contributed by atoms with E-state index in [1.807, 2.05) is 24.3 Å². The molecule has 1 aliphatic heterocycles. The molecule has 1 saturated heterocycles. The lowest BCUT2D eigenvalue weighted by Crippen LogP contribution is -2.61. The van der Waals surface area contributed by atoms with Crippen molar-refractivity contribution in [2.24, 2.45) is 0 Å². The number of aromatic nitrogens is 2. The van der Waals surface area contributed by atoms with Crippen molar-refractivity contribution in [1.29, 1.82) is 0 Å². The largest absolute Gasteiger partial charge is 0.387 e. The minimum atomic E-state index is -0.517. The molecule has 0 bridgehead atoms. The summed E-state index contributed by atoms with van der Waals surface area (Å²) in [5, 5.41) is 11.1. The van der Waals surface area contributed by atoms with Gasteiger partial charge in [0.25, 0.3) is 0 Å². The van der Waals surface area contributed by atoms with E-state index in [1.165, 1.54) is 0 Å². The standard InChI is InChI=1S/C15H20N4O/c1-2-7-15(20)9-19(10-15)8-13-17-12-6-4-3-5-11(12)14(16)18-13/h3-6,20H,2,7-10H2,1H3,(H2,16,17,18). The Bertz CT molecular complexity index is 622. The van der Waals surface area contributed by atoms with Gasteiger partial charge in [0.2, 0.25) is 0 Å². The molecule has 5 nitrogen and oxygen atoms in total. The van der Waals surface area contributed by atoms with E-state index in [0.717, 1.165) is 29.6 Å². The second kappa shape index (κ2) is 5.00. The molecule has 3 rings (SSSR count). The zero-order valence-corrected chi connectivity index (χ0v) is 11.7. The molecular weight excluding hydrogens is 252 g/mol. The third-order valence-electron chi connectivity index (χ3n) is 3.80. The molecule has 1 aromatic heterocycles. The Labute approximate surface area is 118 Å². The maximum Gasteiger partial charge on any atom is 0.145 e. The molecule has 0 saturated carbocycles. The van der Waals surface area contributed by atoms with Crippen molar-refractivity contribution in [2.75, 3.05) is 18.8 Å². The summed E-state index contributed by atoms with van der Waals surface area (Å²) in [6.45, 7) is 4.11. The summed E-state index contributed by atoms with van der Waals surface area (Å²) in [5.41, 5.74) is 6.33. The van der Waals surface area contributed by atoms with Gasteiger partial charge in [-0.3, -0.25) is 4.90 Å². The number of rotatable bonds is 4. The summed E-state index contributed by atoms with van der Waals surface area (Å²) >= 11 is 0. The fraction of sp³-hybridized carbons (Fsp3) is 0.467. The SMILES string of the molecule is CCCC1(O)CN(Cc2nc(N)c3ccccc3n2)C1. The molecule has 0 amide bonds. The fourth-order valence-corrected chi connectivity index (χ4v) is 2.94. The highest BCUT2D eigenvalue weighted by molar-refractivity contribution is 5.87. The van der Waals surface area contributed by atoms with Gasteiger partial charge >= 0.3 is 0 Å². The first-order valence-electron chi connectivity index (χ1n) is 7.05. The number of para-hydroxylation sites is 1. The molecule has 0 aliphatic carbocycles. The van der Waals surface area contributed by atoms with E-state index in [1.54, 1.807) is 0 Å². The van der Waals surface area contributed by atoms with Crippen LogP contribution in [0.5, 0.6) is 0 Å². The van der Waals surface area contributed by atoms with Crippen LogP contribution in [-0.2, 0) is 6.54 Å². The highest BCUT2D eigenvalue weighted by Gasteiger charge is 2.40. The Morgan fingerprint density at radius 3 is 2.80 bits per heavy atom. The number of aliphatic hydroxyl groups is 1. The molecule has 2 heterocycles. The summed E-state index contributed by atoms with van der Waals surface area (Å²) in [4.78, 5) is 11.0. The van der Waals surface area contributed by atoms with E-state index in [2.05, 4.69) is 21.8 Å². The molecule has 0 spiro atoms. The summed E-state index contributed by atoms with van der Waals surface area (Å²) < 4.78 is 0. The van der Waals surface area contributed by atoms with Crippen molar-refractivity contribution < 1.29 is 5.11 Å². The number of likely N-dealkylation sites (tertiary alicyclic amines) is 1. The minimum Gasteiger partial charge on any atom is -0.387 e. The number of anilines is 1. The molecule has 0 unspecified atom stereocenters. The van der Waals surface area contributed by atoms with Gasteiger partial charge in [0.05, 0.1) is 17.7 Å². The third kappa shape index (κ3) is 2.46. The summed E-state index contributed by atoms with van der Waals surface area (Å²) in [6.07, 6.45) is 1.86. The Balaban J connectivity index is 1.73. The lowest BCUT2D eigenvalue weighted by Gasteiger charge is -2.46. The second-order valence-corrected chi connectivity index (χ2v) is 5.66. The van der Waals surface area contributed by atoms with Crippen LogP contribution >= 0.6 is 0 Å². The molecule has 106 valence electrons. The molecular formula is C15H20N4O. The average Bonchev–Trinajstić information content (AvgIpc) is 2.37. The van der Waals surface area contributed by atoms with Crippen molar-refractivity contribution in [2.45, 2.75) is 31.9 Å². The van der Waals surface area contributed by atoms with Crippen LogP contribution in [0.2, 0.25) is 0 Å². The van der Waals surface area contributed by atoms with E-state index in [-0.39, 0.29) is 0 Å². The third-order valence-corrected chi connectivity index (χ3v) is 3.80. The first kappa shape index (κ1) is 13.3. The molecule has 1 aromatic carbocycles. The molecule has 20 heavy (non-hydrogen) atoms. The van der Waals surface area contributed by atoms with Crippen LogP contribution in [0, 0.1) is 0 Å². The van der Waals surface area contributed by atoms with Crippen molar-refractivity contribution in [3.8, 4) is 0 Å². The number of nitrogens with zero attached hydrogens (tertiary/aromatic N) is 3. The van der Waals surface area contributed by atoms with Gasteiger partial charge in [-0.05, 0) is 18.6 Å². The Morgan fingerprint density at radius 2 is 2.05 bits per heavy atom. The molecule has 0 radical (unpaired) electrons. The van der Waals surface area contributed by atoms with Crippen LogP contribution in [0.1, 0.15) is 25.6 Å². The summed E-state index contributed by atoms with van der Waals surface area (Å²) in [6, 6.07) is 7.75. The molecule has 3 N–H and O–H groups in total. The lowest BCUT2D eigenvalue weighted by molar-refractivity contribution is -0.107. The topological polar surface area (TPSA) is 75.3 Å². The normalized spacial score (nSPS) is 18.1. The number of fused-ring (bicyclic) bond motifs is 1. The maximum atomic E-state index is 10.2. The Morgan fingerprint density at radius 1 is 1.30 bits per heavy atom. The highest BCUT2D eigenvalue weighted by Crippen LogP contribution is 2.27. The van der Waals surface area contributed by atoms with E-state index in [4.69, 9.17) is 5.73 Å². The van der Waals surface area contributed by atoms with Crippen LogP contribution in [0.4, 0.5) is 5.82 Å². The van der Waals surface area contributed by atoms with Gasteiger partial charge in [-0.15, -0.1) is 0 Å². The first-order chi connectivity index (χ1) is 9.59. The van der Waals surface area contributed by atoms with Crippen LogP contribution < -0.4 is 5.73 Å². The van der Waals surface area contributed by atoms with E-state index in [9.17, 15) is 5.11 Å². The van der Waals surface area contributed by atoms with Gasteiger partial charge in [-0.2, -0.15) is 0 Å². The molecule has 1 fully saturated rings. The summed E-state index contributed by atoms with van der Waals surface area (Å²) in [5.74, 6) is 1.25. The molecule has 0 atom stereocenters. The molecule has 5 heteroatoms. The minimum absolute atomic E-state index is 0.517. The number of β-amino-alcohol motifs (C(OH)–C–C–N with tert-alkyl or cyclic N) is 1. The maximum absolute atomic E-state index is 10.2. The second-order valence-electron chi connectivity index (χ2n) is 5.66. The average molecular weight is 272 g/mol. The molecule has 1 aliphatic rings. The lowest BCUT2D eigenvalue weighted by atomic mass is 9.89. The monoisotopic (exact) mass is 272 g/mol. The van der Waals surface area contributed by atoms with Crippen molar-refractivity contribution in [3.05, 3.63) is 30.1 Å². The zero-order valence-electron chi connectivity index (χ0n) is 11.7. The van der Waals surface area contributed by atoms with E-state index >= 15 is 0 Å².